The third-order valence-corrected chi connectivity index (χ3v) is 6.08. The summed E-state index contributed by atoms with van der Waals surface area (Å²) in [7, 11) is -1.75. The Hall–Kier alpha value is -1.91. The number of hydrogen-bond acceptors (Lipinski definition) is 6. The second-order valence-electron chi connectivity index (χ2n) is 6.25. The van der Waals surface area contributed by atoms with Gasteiger partial charge in [0.2, 0.25) is 15.9 Å². The molecular formula is C16H21N5O3S2. The van der Waals surface area contributed by atoms with Crippen LogP contribution in [0.3, 0.4) is 0 Å². The van der Waals surface area contributed by atoms with Crippen LogP contribution in [0.25, 0.3) is 0 Å². The molecule has 1 heterocycles. The number of nitrogens with one attached hydrogen (secondary N) is 1. The van der Waals surface area contributed by atoms with E-state index in [1.54, 1.807) is 12.1 Å². The van der Waals surface area contributed by atoms with Gasteiger partial charge in [0.15, 0.2) is 5.16 Å². The summed E-state index contributed by atoms with van der Waals surface area (Å²) in [4.78, 5) is 12.1. The molecule has 0 atom stereocenters. The molecule has 8 nitrogen and oxygen atoms in total. The lowest BCUT2D eigenvalue weighted by molar-refractivity contribution is -0.118. The van der Waals surface area contributed by atoms with E-state index in [4.69, 9.17) is 5.14 Å². The fourth-order valence-electron chi connectivity index (χ4n) is 2.52. The Morgan fingerprint density at radius 2 is 2.00 bits per heavy atom. The molecule has 3 N–H and O–H groups in total. The van der Waals surface area contributed by atoms with Gasteiger partial charge in [-0.2, -0.15) is 0 Å². The van der Waals surface area contributed by atoms with Gasteiger partial charge in [-0.1, -0.05) is 23.9 Å². The number of amides is 1. The molecule has 10 heteroatoms. The molecule has 2 aromatic rings. The maximum Gasteiger partial charge on any atom is 0.238 e. The van der Waals surface area contributed by atoms with E-state index >= 15 is 0 Å². The van der Waals surface area contributed by atoms with Crippen molar-refractivity contribution in [2.75, 3.05) is 12.3 Å². The van der Waals surface area contributed by atoms with E-state index in [0.29, 0.717) is 18.9 Å². The van der Waals surface area contributed by atoms with Crippen molar-refractivity contribution in [1.82, 2.24) is 20.1 Å². The van der Waals surface area contributed by atoms with Crippen LogP contribution < -0.4 is 10.5 Å². The highest BCUT2D eigenvalue weighted by Crippen LogP contribution is 2.39. The fourth-order valence-corrected chi connectivity index (χ4v) is 3.79. The Balaban J connectivity index is 1.41. The van der Waals surface area contributed by atoms with Crippen molar-refractivity contribution in [3.63, 3.8) is 0 Å². The van der Waals surface area contributed by atoms with E-state index in [-0.39, 0.29) is 16.6 Å². The minimum Gasteiger partial charge on any atom is -0.355 e. The number of thioether (sulfide) groups is 1. The number of primary sulfonamides is 1. The van der Waals surface area contributed by atoms with Gasteiger partial charge in [0.05, 0.1) is 10.6 Å². The molecule has 140 valence electrons. The van der Waals surface area contributed by atoms with E-state index < -0.39 is 10.0 Å². The molecule has 0 aliphatic heterocycles. The van der Waals surface area contributed by atoms with Crippen LogP contribution >= 0.6 is 11.8 Å². The lowest BCUT2D eigenvalue weighted by Gasteiger charge is -2.06. The zero-order valence-electron chi connectivity index (χ0n) is 14.4. The highest BCUT2D eigenvalue weighted by atomic mass is 32.2. The van der Waals surface area contributed by atoms with Gasteiger partial charge in [-0.3, -0.25) is 4.79 Å². The van der Waals surface area contributed by atoms with Crippen molar-refractivity contribution >= 4 is 27.7 Å². The van der Waals surface area contributed by atoms with Crippen LogP contribution in [0.2, 0.25) is 0 Å². The van der Waals surface area contributed by atoms with Gasteiger partial charge in [-0.25, -0.2) is 13.6 Å². The highest BCUT2D eigenvalue weighted by molar-refractivity contribution is 7.99. The van der Waals surface area contributed by atoms with E-state index in [9.17, 15) is 13.2 Å². The number of nitrogens with zero attached hydrogens (tertiary/aromatic N) is 3. The van der Waals surface area contributed by atoms with E-state index in [1.807, 2.05) is 11.6 Å². The fraction of sp³-hybridized carbons (Fsp3) is 0.438. The molecular weight excluding hydrogens is 374 g/mol. The number of rotatable bonds is 8. The molecule has 0 radical (unpaired) electrons. The molecule has 1 aliphatic rings. The van der Waals surface area contributed by atoms with Gasteiger partial charge in [-0.15, -0.1) is 10.2 Å². The third kappa shape index (κ3) is 4.83. The van der Waals surface area contributed by atoms with Crippen molar-refractivity contribution < 1.29 is 13.2 Å². The summed E-state index contributed by atoms with van der Waals surface area (Å²) in [6.07, 6.45) is 2.93. The minimum atomic E-state index is -3.68. The van der Waals surface area contributed by atoms with E-state index in [0.717, 1.165) is 29.4 Å². The first-order valence-electron chi connectivity index (χ1n) is 8.25. The Morgan fingerprint density at radius 3 is 2.62 bits per heavy atom. The minimum absolute atomic E-state index is 0.0767. The second-order valence-corrected chi connectivity index (χ2v) is 8.76. The van der Waals surface area contributed by atoms with Crippen LogP contribution in [0, 0.1) is 0 Å². The van der Waals surface area contributed by atoms with Crippen molar-refractivity contribution in [3.8, 4) is 0 Å². The predicted molar refractivity (Wildman–Crippen MR) is 98.2 cm³/mol. The Labute approximate surface area is 156 Å². The number of carbonyl (C=O) groups excluding carboxylic acids is 1. The maximum atomic E-state index is 12.0. The second kappa shape index (κ2) is 7.77. The summed E-state index contributed by atoms with van der Waals surface area (Å²) in [6.45, 7) is 0.472. The quantitative estimate of drug-likeness (QED) is 0.638. The van der Waals surface area contributed by atoms with Crippen LogP contribution in [-0.4, -0.2) is 41.4 Å². The molecule has 1 aromatic carbocycles. The van der Waals surface area contributed by atoms with Crippen LogP contribution in [0.4, 0.5) is 0 Å². The Kier molecular flexibility index (Phi) is 5.64. The summed E-state index contributed by atoms with van der Waals surface area (Å²) in [5.74, 6) is 1.72. The molecule has 1 aliphatic carbocycles. The summed E-state index contributed by atoms with van der Waals surface area (Å²) in [6, 6.07) is 6.32. The molecule has 0 unspecified atom stereocenters. The topological polar surface area (TPSA) is 120 Å². The van der Waals surface area contributed by atoms with Crippen LogP contribution in [0.15, 0.2) is 34.3 Å². The van der Waals surface area contributed by atoms with Gasteiger partial charge < -0.3 is 9.88 Å². The Bertz CT molecular complexity index is 889. The van der Waals surface area contributed by atoms with Crippen molar-refractivity contribution in [3.05, 3.63) is 35.7 Å². The van der Waals surface area contributed by atoms with Crippen molar-refractivity contribution in [2.45, 2.75) is 35.2 Å². The molecule has 0 bridgehead atoms. The molecule has 26 heavy (non-hydrogen) atoms. The van der Waals surface area contributed by atoms with Gasteiger partial charge in [0, 0.05) is 19.5 Å². The Morgan fingerprint density at radius 1 is 1.31 bits per heavy atom. The number of benzene rings is 1. The lowest BCUT2D eigenvalue weighted by Crippen LogP contribution is -2.27. The first kappa shape index (κ1) is 18.9. The molecule has 0 saturated heterocycles. The number of carbonyl (C=O) groups is 1. The number of hydrogen-bond donors (Lipinski definition) is 2. The van der Waals surface area contributed by atoms with Crippen molar-refractivity contribution in [2.24, 2.45) is 12.2 Å². The molecule has 1 aromatic heterocycles. The molecule has 1 amide bonds. The van der Waals surface area contributed by atoms with Crippen LogP contribution in [0.1, 0.15) is 30.1 Å². The largest absolute Gasteiger partial charge is 0.355 e. The lowest BCUT2D eigenvalue weighted by atomic mass is 10.1. The average Bonchev–Trinajstić information content (AvgIpc) is 3.36. The summed E-state index contributed by atoms with van der Waals surface area (Å²) >= 11 is 1.37. The summed E-state index contributed by atoms with van der Waals surface area (Å²) < 4.78 is 24.4. The molecule has 1 saturated carbocycles. The van der Waals surface area contributed by atoms with Gasteiger partial charge in [-0.05, 0) is 37.0 Å². The zero-order valence-corrected chi connectivity index (χ0v) is 16.0. The first-order valence-corrected chi connectivity index (χ1v) is 10.8. The van der Waals surface area contributed by atoms with Gasteiger partial charge in [0.25, 0.3) is 0 Å². The van der Waals surface area contributed by atoms with E-state index in [1.165, 1.54) is 23.9 Å². The predicted octanol–water partition coefficient (Wildman–Crippen LogP) is 0.791. The van der Waals surface area contributed by atoms with Gasteiger partial charge in [0.1, 0.15) is 5.82 Å². The van der Waals surface area contributed by atoms with E-state index in [2.05, 4.69) is 15.5 Å². The summed E-state index contributed by atoms with van der Waals surface area (Å²) in [5, 5.41) is 17.0. The maximum absolute atomic E-state index is 12.0. The number of sulfonamides is 1. The van der Waals surface area contributed by atoms with Gasteiger partial charge >= 0.3 is 0 Å². The SMILES string of the molecule is Cn1c(SCC(=O)NCCc2ccc(S(N)(=O)=O)cc2)nnc1C1CC1. The third-order valence-electron chi connectivity index (χ3n) is 4.13. The molecule has 0 spiro atoms. The first-order chi connectivity index (χ1) is 12.3. The molecule has 1 fully saturated rings. The monoisotopic (exact) mass is 395 g/mol. The number of nitrogens with two attached hydrogens (primary N) is 1. The average molecular weight is 396 g/mol. The summed E-state index contributed by atoms with van der Waals surface area (Å²) in [5.41, 5.74) is 0.924. The zero-order chi connectivity index (χ0) is 18.7. The highest BCUT2D eigenvalue weighted by Gasteiger charge is 2.29. The van der Waals surface area contributed by atoms with Crippen LogP contribution in [0.5, 0.6) is 0 Å². The normalized spacial score (nSPS) is 14.4. The molecule has 3 rings (SSSR count). The standard InChI is InChI=1S/C16H21N5O3S2/c1-21-15(12-4-5-12)19-20-16(21)25-10-14(22)18-9-8-11-2-6-13(7-3-11)26(17,23)24/h2-3,6-7,12H,4-5,8-10H2,1H3,(H,18,22)(H2,17,23,24). The smallest absolute Gasteiger partial charge is 0.238 e. The van der Waals surface area contributed by atoms with Crippen molar-refractivity contribution in [1.29, 1.82) is 0 Å². The van der Waals surface area contributed by atoms with Crippen LogP contribution in [-0.2, 0) is 28.3 Å². The number of aromatic nitrogens is 3.